The number of nitrogens with one attached hydrogen (secondary N) is 1. The van der Waals surface area contributed by atoms with E-state index in [1.165, 1.54) is 28.9 Å². The molecule has 0 unspecified atom stereocenters. The number of esters is 1. The fourth-order valence-corrected chi connectivity index (χ4v) is 5.42. The Morgan fingerprint density at radius 1 is 1.07 bits per heavy atom. The van der Waals surface area contributed by atoms with Gasteiger partial charge in [-0.05, 0) is 30.4 Å². The molecule has 1 saturated heterocycles. The second-order valence-corrected chi connectivity index (χ2v) is 8.74. The SMILES string of the molecule is COC(=O)c1c(NC(=O)CN2CCN(Cc3ccccc3)CC2)sc2c1CCC2. The number of ether oxygens (including phenoxy) is 1. The van der Waals surface area contributed by atoms with Gasteiger partial charge < -0.3 is 10.1 Å². The van der Waals surface area contributed by atoms with Gasteiger partial charge in [0.15, 0.2) is 0 Å². The van der Waals surface area contributed by atoms with Gasteiger partial charge in [-0.15, -0.1) is 11.3 Å². The summed E-state index contributed by atoms with van der Waals surface area (Å²) in [4.78, 5) is 30.7. The lowest BCUT2D eigenvalue weighted by Crippen LogP contribution is -2.48. The molecule has 2 aliphatic rings. The molecule has 1 N–H and O–H groups in total. The van der Waals surface area contributed by atoms with E-state index >= 15 is 0 Å². The lowest BCUT2D eigenvalue weighted by Gasteiger charge is -2.34. The first-order chi connectivity index (χ1) is 14.1. The minimum atomic E-state index is -0.353. The van der Waals surface area contributed by atoms with Gasteiger partial charge in [0.1, 0.15) is 5.00 Å². The van der Waals surface area contributed by atoms with Crippen LogP contribution in [0.5, 0.6) is 0 Å². The number of hydrogen-bond donors (Lipinski definition) is 1. The maximum absolute atomic E-state index is 12.6. The van der Waals surface area contributed by atoms with Crippen molar-refractivity contribution in [2.45, 2.75) is 25.8 Å². The first-order valence-corrected chi connectivity index (χ1v) is 11.0. The molecule has 1 aromatic heterocycles. The third-order valence-corrected chi connectivity index (χ3v) is 6.85. The number of aryl methyl sites for hydroxylation is 1. The zero-order valence-electron chi connectivity index (χ0n) is 16.8. The number of methoxy groups -OCH3 is 1. The van der Waals surface area contributed by atoms with Gasteiger partial charge in [0.25, 0.3) is 0 Å². The third kappa shape index (κ3) is 4.69. The quantitative estimate of drug-likeness (QED) is 0.738. The lowest BCUT2D eigenvalue weighted by molar-refractivity contribution is -0.117. The highest BCUT2D eigenvalue weighted by Gasteiger charge is 2.28. The van der Waals surface area contributed by atoms with Gasteiger partial charge in [0, 0.05) is 37.6 Å². The molecule has 1 fully saturated rings. The number of anilines is 1. The van der Waals surface area contributed by atoms with Crippen LogP contribution in [0.2, 0.25) is 0 Å². The zero-order chi connectivity index (χ0) is 20.2. The number of fused-ring (bicyclic) bond motifs is 1. The standard InChI is InChI=1S/C22H27N3O3S/c1-28-22(27)20-17-8-5-9-18(17)29-21(20)23-19(26)15-25-12-10-24(11-13-25)14-16-6-3-2-4-7-16/h2-4,6-7H,5,8-15H2,1H3,(H,23,26). The van der Waals surface area contributed by atoms with E-state index < -0.39 is 0 Å². The molecular formula is C22H27N3O3S. The number of amides is 1. The van der Waals surface area contributed by atoms with Crippen molar-refractivity contribution in [3.8, 4) is 0 Å². The van der Waals surface area contributed by atoms with Crippen molar-refractivity contribution in [3.63, 3.8) is 0 Å². The van der Waals surface area contributed by atoms with Crippen LogP contribution in [0.25, 0.3) is 0 Å². The summed E-state index contributed by atoms with van der Waals surface area (Å²) in [5.41, 5.74) is 2.94. The minimum Gasteiger partial charge on any atom is -0.465 e. The molecule has 1 aromatic carbocycles. The van der Waals surface area contributed by atoms with E-state index in [9.17, 15) is 9.59 Å². The van der Waals surface area contributed by atoms with Gasteiger partial charge in [0.2, 0.25) is 5.91 Å². The van der Waals surface area contributed by atoms with Crippen LogP contribution >= 0.6 is 11.3 Å². The van der Waals surface area contributed by atoms with Crippen molar-refractivity contribution in [3.05, 3.63) is 51.9 Å². The van der Waals surface area contributed by atoms with Crippen molar-refractivity contribution in [2.24, 2.45) is 0 Å². The first-order valence-electron chi connectivity index (χ1n) is 10.2. The van der Waals surface area contributed by atoms with Crippen molar-refractivity contribution >= 4 is 28.2 Å². The normalized spacial score (nSPS) is 17.1. The van der Waals surface area contributed by atoms with Crippen molar-refractivity contribution in [1.29, 1.82) is 0 Å². The molecule has 0 bridgehead atoms. The Labute approximate surface area is 175 Å². The van der Waals surface area contributed by atoms with E-state index in [1.54, 1.807) is 0 Å². The molecule has 1 aliphatic carbocycles. The molecule has 0 radical (unpaired) electrons. The largest absolute Gasteiger partial charge is 0.465 e. The van der Waals surface area contributed by atoms with Gasteiger partial charge in [-0.3, -0.25) is 14.6 Å². The Hall–Kier alpha value is -2.22. The van der Waals surface area contributed by atoms with Crippen molar-refractivity contribution in [2.75, 3.05) is 45.2 Å². The van der Waals surface area contributed by atoms with E-state index in [0.29, 0.717) is 17.1 Å². The van der Waals surface area contributed by atoms with Gasteiger partial charge in [0.05, 0.1) is 19.2 Å². The second-order valence-electron chi connectivity index (χ2n) is 7.64. The number of hydrogen-bond acceptors (Lipinski definition) is 6. The van der Waals surface area contributed by atoms with Crippen LogP contribution in [-0.4, -0.2) is 61.5 Å². The summed E-state index contributed by atoms with van der Waals surface area (Å²) in [5.74, 6) is -0.416. The Balaban J connectivity index is 1.30. The van der Waals surface area contributed by atoms with E-state index in [-0.39, 0.29) is 11.9 Å². The molecule has 0 saturated carbocycles. The summed E-state index contributed by atoms with van der Waals surface area (Å²) in [5, 5.41) is 3.62. The summed E-state index contributed by atoms with van der Waals surface area (Å²) < 4.78 is 4.95. The van der Waals surface area contributed by atoms with E-state index in [4.69, 9.17) is 4.74 Å². The Morgan fingerprint density at radius 2 is 1.79 bits per heavy atom. The number of thiophene rings is 1. The summed E-state index contributed by atoms with van der Waals surface area (Å²) >= 11 is 1.52. The molecule has 7 heteroatoms. The average molecular weight is 414 g/mol. The number of carbonyl (C=O) groups excluding carboxylic acids is 2. The number of nitrogens with zero attached hydrogens (tertiary/aromatic N) is 2. The fraction of sp³-hybridized carbons (Fsp3) is 0.455. The number of benzene rings is 1. The fourth-order valence-electron chi connectivity index (χ4n) is 4.13. The predicted molar refractivity (Wildman–Crippen MR) is 114 cm³/mol. The van der Waals surface area contributed by atoms with Crippen LogP contribution in [-0.2, 0) is 28.9 Å². The molecule has 6 nitrogen and oxygen atoms in total. The van der Waals surface area contributed by atoms with Gasteiger partial charge in [-0.25, -0.2) is 4.79 Å². The maximum Gasteiger partial charge on any atom is 0.341 e. The molecule has 2 heterocycles. The second kappa shape index (κ2) is 9.07. The lowest BCUT2D eigenvalue weighted by atomic mass is 10.1. The molecule has 1 amide bonds. The molecule has 0 atom stereocenters. The van der Waals surface area contributed by atoms with Crippen molar-refractivity contribution in [1.82, 2.24) is 9.80 Å². The molecule has 29 heavy (non-hydrogen) atoms. The van der Waals surface area contributed by atoms with Gasteiger partial charge >= 0.3 is 5.97 Å². The Morgan fingerprint density at radius 3 is 2.52 bits per heavy atom. The number of carbonyl (C=O) groups is 2. The smallest absolute Gasteiger partial charge is 0.341 e. The maximum atomic E-state index is 12.6. The highest BCUT2D eigenvalue weighted by atomic mass is 32.1. The van der Waals surface area contributed by atoms with Crippen LogP contribution in [0.15, 0.2) is 30.3 Å². The Kier molecular flexibility index (Phi) is 6.28. The zero-order valence-corrected chi connectivity index (χ0v) is 17.6. The molecular weight excluding hydrogens is 386 g/mol. The molecule has 154 valence electrons. The van der Waals surface area contributed by atoms with Crippen LogP contribution < -0.4 is 5.32 Å². The summed E-state index contributed by atoms with van der Waals surface area (Å²) in [6.07, 6.45) is 2.92. The predicted octanol–water partition coefficient (Wildman–Crippen LogP) is 2.78. The van der Waals surface area contributed by atoms with Crippen LogP contribution in [0.1, 0.15) is 32.8 Å². The van der Waals surface area contributed by atoms with Crippen LogP contribution in [0.4, 0.5) is 5.00 Å². The van der Waals surface area contributed by atoms with E-state index in [1.807, 2.05) is 6.07 Å². The summed E-state index contributed by atoms with van der Waals surface area (Å²) in [6.45, 7) is 4.92. The first kappa shape index (κ1) is 20.1. The topological polar surface area (TPSA) is 61.9 Å². The third-order valence-electron chi connectivity index (χ3n) is 5.64. The highest BCUT2D eigenvalue weighted by Crippen LogP contribution is 2.39. The monoisotopic (exact) mass is 413 g/mol. The van der Waals surface area contributed by atoms with E-state index in [2.05, 4.69) is 39.4 Å². The van der Waals surface area contributed by atoms with Crippen LogP contribution in [0, 0.1) is 0 Å². The number of piperazine rings is 1. The van der Waals surface area contributed by atoms with E-state index in [0.717, 1.165) is 57.5 Å². The average Bonchev–Trinajstić information content (AvgIpc) is 3.30. The van der Waals surface area contributed by atoms with Gasteiger partial charge in [-0.2, -0.15) is 0 Å². The van der Waals surface area contributed by atoms with Gasteiger partial charge in [-0.1, -0.05) is 30.3 Å². The van der Waals surface area contributed by atoms with Crippen molar-refractivity contribution < 1.29 is 14.3 Å². The summed E-state index contributed by atoms with van der Waals surface area (Å²) in [7, 11) is 1.39. The van der Waals surface area contributed by atoms with Crippen LogP contribution in [0.3, 0.4) is 0 Å². The Bertz CT molecular complexity index is 873. The molecule has 4 rings (SSSR count). The summed E-state index contributed by atoms with van der Waals surface area (Å²) in [6, 6.07) is 10.5. The highest BCUT2D eigenvalue weighted by molar-refractivity contribution is 7.17. The number of rotatable bonds is 6. The molecule has 1 aliphatic heterocycles. The molecule has 0 spiro atoms. The minimum absolute atomic E-state index is 0.0633. The molecule has 2 aromatic rings.